The average molecular weight is 259 g/mol. The molecule has 3 rings (SSSR count). The van der Waals surface area contributed by atoms with Crippen molar-refractivity contribution in [3.8, 4) is 0 Å². The number of para-hydroxylation sites is 2. The first-order valence-electron chi connectivity index (χ1n) is 6.58. The van der Waals surface area contributed by atoms with Crippen molar-refractivity contribution in [3.63, 3.8) is 0 Å². The van der Waals surface area contributed by atoms with Crippen molar-refractivity contribution in [3.05, 3.63) is 34.7 Å². The molecule has 5 nitrogen and oxygen atoms in total. The van der Waals surface area contributed by atoms with Gasteiger partial charge in [-0.3, -0.25) is 13.9 Å². The molecule has 100 valence electrons. The topological polar surface area (TPSA) is 56.0 Å². The van der Waals surface area contributed by atoms with Crippen LogP contribution in [0, 0.1) is 5.92 Å². The summed E-state index contributed by atoms with van der Waals surface area (Å²) in [5.74, 6) is 0.554. The number of hydrogen-bond donors (Lipinski definition) is 1. The third kappa shape index (κ3) is 2.28. The van der Waals surface area contributed by atoms with Crippen molar-refractivity contribution in [2.45, 2.75) is 19.4 Å². The van der Waals surface area contributed by atoms with E-state index in [0.717, 1.165) is 17.6 Å². The molecule has 1 heterocycles. The minimum absolute atomic E-state index is 0.0902. The second-order valence-electron chi connectivity index (χ2n) is 5.16. The van der Waals surface area contributed by atoms with E-state index in [1.54, 1.807) is 11.6 Å². The van der Waals surface area contributed by atoms with Gasteiger partial charge < -0.3 is 5.32 Å². The molecule has 1 aromatic heterocycles. The molecule has 5 heteroatoms. The minimum Gasteiger partial charge on any atom is -0.354 e. The fourth-order valence-electron chi connectivity index (χ4n) is 2.30. The van der Waals surface area contributed by atoms with Gasteiger partial charge in [0.25, 0.3) is 0 Å². The van der Waals surface area contributed by atoms with Crippen LogP contribution in [0.3, 0.4) is 0 Å². The number of fused-ring (bicyclic) bond motifs is 1. The van der Waals surface area contributed by atoms with Gasteiger partial charge in [-0.25, -0.2) is 4.79 Å². The molecule has 1 fully saturated rings. The third-order valence-corrected chi connectivity index (χ3v) is 3.64. The highest BCUT2D eigenvalue weighted by molar-refractivity contribution is 5.80. The Morgan fingerprint density at radius 2 is 2.00 bits per heavy atom. The van der Waals surface area contributed by atoms with Crippen LogP contribution in [-0.2, 0) is 18.4 Å². The maximum atomic E-state index is 12.1. The van der Waals surface area contributed by atoms with E-state index in [1.165, 1.54) is 17.4 Å². The average Bonchev–Trinajstić information content (AvgIpc) is 3.22. The zero-order valence-corrected chi connectivity index (χ0v) is 10.9. The highest BCUT2D eigenvalue weighted by Crippen LogP contribution is 2.27. The maximum absolute atomic E-state index is 12.1. The van der Waals surface area contributed by atoms with Crippen LogP contribution < -0.4 is 11.0 Å². The van der Waals surface area contributed by atoms with Crippen molar-refractivity contribution in [2.75, 3.05) is 6.54 Å². The van der Waals surface area contributed by atoms with Crippen LogP contribution in [0.4, 0.5) is 0 Å². The highest BCUT2D eigenvalue weighted by atomic mass is 16.2. The molecule has 1 N–H and O–H groups in total. The molecule has 0 atom stereocenters. The largest absolute Gasteiger partial charge is 0.354 e. The number of hydrogen-bond acceptors (Lipinski definition) is 2. The molecule has 0 unspecified atom stereocenters. The van der Waals surface area contributed by atoms with Crippen LogP contribution in [0.2, 0.25) is 0 Å². The van der Waals surface area contributed by atoms with E-state index in [9.17, 15) is 9.59 Å². The second-order valence-corrected chi connectivity index (χ2v) is 5.16. The van der Waals surface area contributed by atoms with Gasteiger partial charge in [0.05, 0.1) is 11.0 Å². The van der Waals surface area contributed by atoms with Crippen molar-refractivity contribution in [1.29, 1.82) is 0 Å². The Balaban J connectivity index is 1.85. The Kier molecular flexibility index (Phi) is 2.89. The number of rotatable bonds is 4. The Hall–Kier alpha value is -2.04. The summed E-state index contributed by atoms with van der Waals surface area (Å²) in [6, 6.07) is 7.51. The van der Waals surface area contributed by atoms with Crippen molar-refractivity contribution >= 4 is 16.9 Å². The van der Waals surface area contributed by atoms with Crippen LogP contribution >= 0.6 is 0 Å². The van der Waals surface area contributed by atoms with E-state index < -0.39 is 0 Å². The summed E-state index contributed by atoms with van der Waals surface area (Å²) in [6.07, 6.45) is 2.41. The van der Waals surface area contributed by atoms with Crippen LogP contribution in [0.1, 0.15) is 12.8 Å². The van der Waals surface area contributed by atoms with Crippen molar-refractivity contribution in [1.82, 2.24) is 14.5 Å². The number of amides is 1. The molecule has 1 aliphatic rings. The Morgan fingerprint density at radius 1 is 1.32 bits per heavy atom. The number of aryl methyl sites for hydroxylation is 1. The number of imidazole rings is 1. The Bertz CT molecular complexity index is 680. The van der Waals surface area contributed by atoms with Crippen molar-refractivity contribution in [2.24, 2.45) is 13.0 Å². The number of nitrogens with zero attached hydrogens (tertiary/aromatic N) is 2. The van der Waals surface area contributed by atoms with Gasteiger partial charge in [0.2, 0.25) is 5.91 Å². The first-order chi connectivity index (χ1) is 9.16. The van der Waals surface area contributed by atoms with Gasteiger partial charge in [0, 0.05) is 13.6 Å². The van der Waals surface area contributed by atoms with Gasteiger partial charge in [0.1, 0.15) is 6.54 Å². The molecule has 19 heavy (non-hydrogen) atoms. The number of carbonyl (C=O) groups is 1. The lowest BCUT2D eigenvalue weighted by atomic mass is 10.3. The van der Waals surface area contributed by atoms with Gasteiger partial charge in [-0.2, -0.15) is 0 Å². The molecule has 0 radical (unpaired) electrons. The number of aromatic nitrogens is 2. The zero-order chi connectivity index (χ0) is 13.4. The lowest BCUT2D eigenvalue weighted by Gasteiger charge is -2.05. The summed E-state index contributed by atoms with van der Waals surface area (Å²) >= 11 is 0. The molecular formula is C14H17N3O2. The van der Waals surface area contributed by atoms with Gasteiger partial charge in [-0.05, 0) is 30.9 Å². The monoisotopic (exact) mass is 259 g/mol. The minimum atomic E-state index is -0.150. The second kappa shape index (κ2) is 4.57. The molecule has 0 bridgehead atoms. The fourth-order valence-corrected chi connectivity index (χ4v) is 2.30. The molecule has 0 spiro atoms. The van der Waals surface area contributed by atoms with E-state index in [2.05, 4.69) is 5.32 Å². The summed E-state index contributed by atoms with van der Waals surface area (Å²) < 4.78 is 3.10. The van der Waals surface area contributed by atoms with E-state index in [-0.39, 0.29) is 18.1 Å². The molecule has 1 aliphatic carbocycles. The summed E-state index contributed by atoms with van der Waals surface area (Å²) in [5, 5.41) is 2.89. The zero-order valence-electron chi connectivity index (χ0n) is 10.9. The predicted molar refractivity (Wildman–Crippen MR) is 72.9 cm³/mol. The molecule has 1 amide bonds. The fraction of sp³-hybridized carbons (Fsp3) is 0.429. The first-order valence-corrected chi connectivity index (χ1v) is 6.58. The summed E-state index contributed by atoms with van der Waals surface area (Å²) in [4.78, 5) is 24.0. The van der Waals surface area contributed by atoms with E-state index in [1.807, 2.05) is 24.3 Å². The number of benzene rings is 1. The van der Waals surface area contributed by atoms with Crippen LogP contribution in [0.5, 0.6) is 0 Å². The molecule has 0 saturated heterocycles. The maximum Gasteiger partial charge on any atom is 0.329 e. The summed E-state index contributed by atoms with van der Waals surface area (Å²) in [5.41, 5.74) is 1.50. The van der Waals surface area contributed by atoms with Crippen LogP contribution in [0.25, 0.3) is 11.0 Å². The number of carbonyl (C=O) groups excluding carboxylic acids is 1. The molecule has 1 saturated carbocycles. The molecule has 0 aliphatic heterocycles. The highest BCUT2D eigenvalue weighted by Gasteiger charge is 2.22. The smallest absolute Gasteiger partial charge is 0.329 e. The first kappa shape index (κ1) is 12.0. The lowest BCUT2D eigenvalue weighted by Crippen LogP contribution is -2.33. The quantitative estimate of drug-likeness (QED) is 0.885. The summed E-state index contributed by atoms with van der Waals surface area (Å²) in [7, 11) is 1.73. The van der Waals surface area contributed by atoms with Gasteiger partial charge in [-0.15, -0.1) is 0 Å². The van der Waals surface area contributed by atoms with Gasteiger partial charge in [-0.1, -0.05) is 12.1 Å². The van der Waals surface area contributed by atoms with Crippen molar-refractivity contribution < 1.29 is 4.79 Å². The standard InChI is InChI=1S/C14H17N3O2/c1-16-11-4-2-3-5-12(11)17(14(16)19)9-13(18)15-8-10-6-7-10/h2-5,10H,6-9H2,1H3,(H,15,18). The van der Waals surface area contributed by atoms with E-state index >= 15 is 0 Å². The van der Waals surface area contributed by atoms with E-state index in [4.69, 9.17) is 0 Å². The van der Waals surface area contributed by atoms with Crippen LogP contribution in [0.15, 0.2) is 29.1 Å². The normalized spacial score (nSPS) is 14.8. The van der Waals surface area contributed by atoms with E-state index in [0.29, 0.717) is 5.92 Å². The molecular weight excluding hydrogens is 242 g/mol. The molecule has 2 aromatic rings. The molecule has 1 aromatic carbocycles. The third-order valence-electron chi connectivity index (χ3n) is 3.64. The van der Waals surface area contributed by atoms with Gasteiger partial charge >= 0.3 is 5.69 Å². The Labute approximate surface area is 110 Å². The lowest BCUT2D eigenvalue weighted by molar-refractivity contribution is -0.121. The predicted octanol–water partition coefficient (Wildman–Crippen LogP) is 0.866. The summed E-state index contributed by atoms with van der Waals surface area (Å²) in [6.45, 7) is 0.825. The Morgan fingerprint density at radius 3 is 2.68 bits per heavy atom. The SMILES string of the molecule is Cn1c(=O)n(CC(=O)NCC2CC2)c2ccccc21. The van der Waals surface area contributed by atoms with Gasteiger partial charge in [0.15, 0.2) is 0 Å². The van der Waals surface area contributed by atoms with Crippen LogP contribution in [-0.4, -0.2) is 21.6 Å². The number of nitrogens with one attached hydrogen (secondary N) is 1.